The monoisotopic (exact) mass is 334 g/mol. The minimum absolute atomic E-state index is 0.0280. The van der Waals surface area contributed by atoms with Gasteiger partial charge in [0.05, 0.1) is 5.25 Å². The van der Waals surface area contributed by atoms with E-state index in [1.54, 1.807) is 6.20 Å². The van der Waals surface area contributed by atoms with E-state index in [1.807, 2.05) is 19.1 Å². The van der Waals surface area contributed by atoms with Crippen molar-refractivity contribution in [1.29, 1.82) is 0 Å². The van der Waals surface area contributed by atoms with Crippen molar-refractivity contribution >= 4 is 17.7 Å². The molecular weight excluding hydrogens is 312 g/mol. The molecule has 6 nitrogen and oxygen atoms in total. The van der Waals surface area contributed by atoms with Crippen LogP contribution < -0.4 is 5.32 Å². The molecule has 0 aliphatic heterocycles. The third-order valence-corrected chi connectivity index (χ3v) is 5.11. The van der Waals surface area contributed by atoms with Crippen LogP contribution in [0.5, 0.6) is 0 Å². The van der Waals surface area contributed by atoms with E-state index in [1.165, 1.54) is 43.9 Å². The number of hydrogen-bond acceptors (Lipinski definition) is 5. The number of rotatable bonds is 6. The summed E-state index contributed by atoms with van der Waals surface area (Å²) in [7, 11) is 0. The average molecular weight is 334 g/mol. The Morgan fingerprint density at radius 2 is 2.26 bits per heavy atom. The molecule has 2 aromatic rings. The van der Waals surface area contributed by atoms with Gasteiger partial charge in [-0.25, -0.2) is 0 Å². The van der Waals surface area contributed by atoms with Crippen molar-refractivity contribution in [3.05, 3.63) is 18.3 Å². The van der Waals surface area contributed by atoms with Crippen LogP contribution in [0.1, 0.15) is 39.0 Å². The van der Waals surface area contributed by atoms with Gasteiger partial charge in [-0.3, -0.25) is 4.79 Å². The lowest BCUT2D eigenvalue weighted by Gasteiger charge is -2.22. The fourth-order valence-electron chi connectivity index (χ4n) is 2.81. The Labute approximate surface area is 139 Å². The molecule has 1 saturated carbocycles. The number of aromatic amines is 1. The average Bonchev–Trinajstić information content (AvgIpc) is 3.24. The standard InChI is InChI=1S/C16H22N4O2S/c1-11(14(21)18-10-12-6-3-2-4-7-12)23-16-20-19-15(22-16)13-8-5-9-17-13/h5,8-9,11-12,17H,2-4,6-7,10H2,1H3,(H,18,21)/t11-/m0/s1. The summed E-state index contributed by atoms with van der Waals surface area (Å²) >= 11 is 1.29. The van der Waals surface area contributed by atoms with Gasteiger partial charge in [-0.1, -0.05) is 31.0 Å². The number of hydrogen-bond donors (Lipinski definition) is 2. The largest absolute Gasteiger partial charge is 0.410 e. The molecule has 0 unspecified atom stereocenters. The molecule has 1 amide bonds. The summed E-state index contributed by atoms with van der Waals surface area (Å²) in [5.74, 6) is 1.10. The lowest BCUT2D eigenvalue weighted by molar-refractivity contribution is -0.120. The molecule has 2 N–H and O–H groups in total. The van der Waals surface area contributed by atoms with E-state index in [0.717, 1.165) is 12.2 Å². The summed E-state index contributed by atoms with van der Waals surface area (Å²) in [6, 6.07) is 3.73. The highest BCUT2D eigenvalue weighted by Crippen LogP contribution is 2.26. The van der Waals surface area contributed by atoms with Crippen LogP contribution in [0, 0.1) is 5.92 Å². The van der Waals surface area contributed by atoms with Crippen molar-refractivity contribution in [3.63, 3.8) is 0 Å². The van der Waals surface area contributed by atoms with Gasteiger partial charge in [0.15, 0.2) is 0 Å². The maximum absolute atomic E-state index is 12.2. The van der Waals surface area contributed by atoms with Crippen LogP contribution >= 0.6 is 11.8 Å². The van der Waals surface area contributed by atoms with Gasteiger partial charge >= 0.3 is 0 Å². The van der Waals surface area contributed by atoms with Crippen LogP contribution in [0.4, 0.5) is 0 Å². The van der Waals surface area contributed by atoms with Crippen molar-refractivity contribution in [2.45, 2.75) is 49.5 Å². The number of carbonyl (C=O) groups is 1. The molecule has 7 heteroatoms. The van der Waals surface area contributed by atoms with Crippen LogP contribution in [0.15, 0.2) is 28.0 Å². The summed E-state index contributed by atoms with van der Waals surface area (Å²) in [6.07, 6.45) is 8.16. The molecule has 124 valence electrons. The third kappa shape index (κ3) is 4.37. The molecule has 1 atom stereocenters. The summed E-state index contributed by atoms with van der Waals surface area (Å²) in [5.41, 5.74) is 0.777. The molecule has 0 bridgehead atoms. The van der Waals surface area contributed by atoms with Crippen LogP contribution in [0.3, 0.4) is 0 Å². The third-order valence-electron chi connectivity index (χ3n) is 4.17. The van der Waals surface area contributed by atoms with Gasteiger partial charge in [-0.2, -0.15) is 0 Å². The normalized spacial score (nSPS) is 17.1. The number of amides is 1. The van der Waals surface area contributed by atoms with E-state index in [4.69, 9.17) is 4.42 Å². The first-order valence-corrected chi connectivity index (χ1v) is 9.02. The molecule has 2 aromatic heterocycles. The van der Waals surface area contributed by atoms with Crippen molar-refractivity contribution in [1.82, 2.24) is 20.5 Å². The smallest absolute Gasteiger partial charge is 0.277 e. The van der Waals surface area contributed by atoms with Crippen LogP contribution in [-0.2, 0) is 4.79 Å². The lowest BCUT2D eigenvalue weighted by atomic mass is 9.89. The fourth-order valence-corrected chi connectivity index (χ4v) is 3.52. The summed E-state index contributed by atoms with van der Waals surface area (Å²) in [5, 5.41) is 11.2. The molecule has 1 aliphatic rings. The van der Waals surface area contributed by atoms with Crippen molar-refractivity contribution < 1.29 is 9.21 Å². The minimum atomic E-state index is -0.254. The molecular formula is C16H22N4O2S. The SMILES string of the molecule is C[C@H](Sc1nnc(-c2ccc[nH]2)o1)C(=O)NCC1CCCCC1. The number of H-pyrrole nitrogens is 1. The van der Waals surface area contributed by atoms with E-state index in [9.17, 15) is 4.79 Å². The highest BCUT2D eigenvalue weighted by atomic mass is 32.2. The Morgan fingerprint density at radius 3 is 3.00 bits per heavy atom. The summed E-state index contributed by atoms with van der Waals surface area (Å²) in [4.78, 5) is 15.2. The molecule has 0 spiro atoms. The maximum Gasteiger partial charge on any atom is 0.277 e. The first kappa shape index (κ1) is 16.1. The minimum Gasteiger partial charge on any atom is -0.410 e. The first-order chi connectivity index (χ1) is 11.2. The van der Waals surface area contributed by atoms with Crippen LogP contribution in [0.2, 0.25) is 0 Å². The molecule has 0 radical (unpaired) electrons. The quantitative estimate of drug-likeness (QED) is 0.792. The van der Waals surface area contributed by atoms with Crippen molar-refractivity contribution in [2.75, 3.05) is 6.54 Å². The maximum atomic E-state index is 12.2. The van der Waals surface area contributed by atoms with Gasteiger partial charge in [-0.15, -0.1) is 10.2 Å². The molecule has 1 aliphatic carbocycles. The van der Waals surface area contributed by atoms with Crippen molar-refractivity contribution in [3.8, 4) is 11.6 Å². The molecule has 1 fully saturated rings. The van der Waals surface area contributed by atoms with Gasteiger partial charge in [-0.05, 0) is 37.8 Å². The zero-order valence-corrected chi connectivity index (χ0v) is 14.1. The molecule has 0 saturated heterocycles. The molecule has 3 rings (SSSR count). The predicted octanol–water partition coefficient (Wildman–Crippen LogP) is 3.24. The Balaban J connectivity index is 1.48. The van der Waals surface area contributed by atoms with Crippen molar-refractivity contribution in [2.24, 2.45) is 5.92 Å². The van der Waals surface area contributed by atoms with E-state index < -0.39 is 0 Å². The number of nitrogens with zero attached hydrogens (tertiary/aromatic N) is 2. The van der Waals surface area contributed by atoms with Crippen LogP contribution in [0.25, 0.3) is 11.6 Å². The van der Waals surface area contributed by atoms with Gasteiger partial charge in [0.25, 0.3) is 11.1 Å². The number of thioether (sulfide) groups is 1. The highest BCUT2D eigenvalue weighted by molar-refractivity contribution is 8.00. The lowest BCUT2D eigenvalue weighted by Crippen LogP contribution is -2.35. The second-order valence-corrected chi connectivity index (χ2v) is 7.26. The Bertz CT molecular complexity index is 620. The fraction of sp³-hybridized carbons (Fsp3) is 0.562. The zero-order chi connectivity index (χ0) is 16.1. The Hall–Kier alpha value is -1.76. The van der Waals surface area contributed by atoms with E-state index in [-0.39, 0.29) is 11.2 Å². The Kier molecular flexibility index (Phi) is 5.38. The second kappa shape index (κ2) is 7.68. The van der Waals surface area contributed by atoms with Gasteiger partial charge in [0.1, 0.15) is 5.69 Å². The van der Waals surface area contributed by atoms with E-state index >= 15 is 0 Å². The zero-order valence-electron chi connectivity index (χ0n) is 13.2. The number of carbonyl (C=O) groups excluding carboxylic acids is 1. The number of aromatic nitrogens is 3. The molecule has 23 heavy (non-hydrogen) atoms. The topological polar surface area (TPSA) is 83.8 Å². The first-order valence-electron chi connectivity index (χ1n) is 8.14. The number of nitrogens with one attached hydrogen (secondary N) is 2. The van der Waals surface area contributed by atoms with Gasteiger partial charge in [0, 0.05) is 12.7 Å². The van der Waals surface area contributed by atoms with E-state index in [0.29, 0.717) is 17.0 Å². The molecule has 2 heterocycles. The van der Waals surface area contributed by atoms with Gasteiger partial charge in [0.2, 0.25) is 5.91 Å². The van der Waals surface area contributed by atoms with Gasteiger partial charge < -0.3 is 14.7 Å². The summed E-state index contributed by atoms with van der Waals surface area (Å²) < 4.78 is 5.57. The highest BCUT2D eigenvalue weighted by Gasteiger charge is 2.20. The van der Waals surface area contributed by atoms with E-state index in [2.05, 4.69) is 20.5 Å². The van der Waals surface area contributed by atoms with Crippen LogP contribution in [-0.4, -0.2) is 32.9 Å². The molecule has 0 aromatic carbocycles. The second-order valence-electron chi connectivity index (χ2n) is 5.97. The predicted molar refractivity (Wildman–Crippen MR) is 89.0 cm³/mol. The Morgan fingerprint density at radius 1 is 1.43 bits per heavy atom. The summed E-state index contributed by atoms with van der Waals surface area (Å²) in [6.45, 7) is 2.64.